The number of piperidine rings is 1. The third-order valence-electron chi connectivity index (χ3n) is 5.76. The first kappa shape index (κ1) is 21.1. The molecule has 2 atom stereocenters. The number of sulfonamides is 1. The van der Waals surface area contributed by atoms with Crippen LogP contribution in [0, 0.1) is 11.8 Å². The molecule has 1 amide bonds. The maximum atomic E-state index is 13.4. The Balaban J connectivity index is 1.93. The molecule has 0 bridgehead atoms. The second-order valence-corrected chi connectivity index (χ2v) is 10.2. The lowest BCUT2D eigenvalue weighted by Crippen LogP contribution is -2.42. The van der Waals surface area contributed by atoms with Crippen molar-refractivity contribution in [1.82, 2.24) is 9.21 Å². The van der Waals surface area contributed by atoms with Crippen molar-refractivity contribution < 1.29 is 17.9 Å². The summed E-state index contributed by atoms with van der Waals surface area (Å²) in [5.74, 6) is 0.817. The molecule has 156 valence electrons. The molecule has 2 aliphatic rings. The van der Waals surface area contributed by atoms with Crippen LogP contribution in [0.2, 0.25) is 0 Å². The number of nitrogens with zero attached hydrogens (tertiary/aromatic N) is 2. The van der Waals surface area contributed by atoms with E-state index in [0.29, 0.717) is 36.2 Å². The lowest BCUT2D eigenvalue weighted by Gasteiger charge is -2.34. The Labute approximate surface area is 168 Å². The van der Waals surface area contributed by atoms with Gasteiger partial charge in [-0.15, -0.1) is 0 Å². The molecule has 2 fully saturated rings. The Morgan fingerprint density at radius 1 is 1.04 bits per heavy atom. The van der Waals surface area contributed by atoms with Crippen LogP contribution in [0.5, 0.6) is 5.75 Å². The molecule has 2 heterocycles. The van der Waals surface area contributed by atoms with Crippen molar-refractivity contribution in [3.63, 3.8) is 0 Å². The fraction of sp³-hybridized carbons (Fsp3) is 0.667. The first-order chi connectivity index (χ1) is 13.3. The second kappa shape index (κ2) is 8.82. The van der Waals surface area contributed by atoms with Crippen LogP contribution in [-0.2, 0) is 10.0 Å². The van der Waals surface area contributed by atoms with Crippen molar-refractivity contribution in [3.05, 3.63) is 23.8 Å². The number of amides is 1. The fourth-order valence-electron chi connectivity index (χ4n) is 4.41. The van der Waals surface area contributed by atoms with E-state index in [1.165, 1.54) is 13.2 Å². The summed E-state index contributed by atoms with van der Waals surface area (Å²) < 4.78 is 33.7. The smallest absolute Gasteiger partial charge is 0.253 e. The normalized spacial score (nSPS) is 24.6. The number of benzene rings is 1. The van der Waals surface area contributed by atoms with Gasteiger partial charge in [-0.05, 0) is 49.3 Å². The van der Waals surface area contributed by atoms with Gasteiger partial charge in [-0.2, -0.15) is 4.31 Å². The zero-order valence-electron chi connectivity index (χ0n) is 17.2. The number of rotatable bonds is 4. The minimum Gasteiger partial charge on any atom is -0.495 e. The van der Waals surface area contributed by atoms with Crippen LogP contribution in [0.3, 0.4) is 0 Å². The Hall–Kier alpha value is -1.60. The van der Waals surface area contributed by atoms with Gasteiger partial charge in [0, 0.05) is 31.7 Å². The molecule has 3 rings (SSSR count). The molecule has 2 unspecified atom stereocenters. The molecule has 1 aromatic carbocycles. The molecule has 0 saturated carbocycles. The number of hydrogen-bond donors (Lipinski definition) is 0. The average molecular weight is 409 g/mol. The maximum Gasteiger partial charge on any atom is 0.253 e. The maximum absolute atomic E-state index is 13.4. The molecule has 0 N–H and O–H groups in total. The van der Waals surface area contributed by atoms with E-state index in [4.69, 9.17) is 4.74 Å². The van der Waals surface area contributed by atoms with E-state index in [-0.39, 0.29) is 10.8 Å². The summed E-state index contributed by atoms with van der Waals surface area (Å²) in [5.41, 5.74) is 0.416. The van der Waals surface area contributed by atoms with Crippen LogP contribution >= 0.6 is 0 Å². The monoisotopic (exact) mass is 408 g/mol. The standard InChI is InChI=1S/C21H32N2O4S/c1-16-12-17(2)15-23(14-16)28(25,26)20-13-18(8-9-19(20)27-3)21(24)22-10-6-4-5-7-11-22/h8-9,13,16-17H,4-7,10-12,14-15H2,1-3H3. The van der Waals surface area contributed by atoms with Crippen molar-refractivity contribution in [1.29, 1.82) is 0 Å². The SMILES string of the molecule is COc1ccc(C(=O)N2CCCCCC2)cc1S(=O)(=O)N1CC(C)CC(C)C1. The molecule has 2 aliphatic heterocycles. The number of methoxy groups -OCH3 is 1. The van der Waals surface area contributed by atoms with Crippen LogP contribution in [0.15, 0.2) is 23.1 Å². The summed E-state index contributed by atoms with van der Waals surface area (Å²) in [6.45, 7) is 6.62. The van der Waals surface area contributed by atoms with Gasteiger partial charge in [0.05, 0.1) is 7.11 Å². The van der Waals surface area contributed by atoms with E-state index in [0.717, 1.165) is 45.2 Å². The van der Waals surface area contributed by atoms with Crippen LogP contribution in [0.4, 0.5) is 0 Å². The molecule has 0 aromatic heterocycles. The number of ether oxygens (including phenoxy) is 1. The van der Waals surface area contributed by atoms with E-state index in [2.05, 4.69) is 13.8 Å². The molecule has 6 nitrogen and oxygen atoms in total. The molecule has 0 aliphatic carbocycles. The minimum atomic E-state index is -3.73. The van der Waals surface area contributed by atoms with Gasteiger partial charge in [-0.25, -0.2) is 8.42 Å². The lowest BCUT2D eigenvalue weighted by molar-refractivity contribution is 0.0761. The lowest BCUT2D eigenvalue weighted by atomic mass is 9.94. The summed E-state index contributed by atoms with van der Waals surface area (Å²) in [7, 11) is -2.26. The number of likely N-dealkylation sites (tertiary alicyclic amines) is 1. The van der Waals surface area contributed by atoms with Gasteiger partial charge in [-0.1, -0.05) is 26.7 Å². The van der Waals surface area contributed by atoms with Crippen LogP contribution < -0.4 is 4.74 Å². The number of carbonyl (C=O) groups excluding carboxylic acids is 1. The highest BCUT2D eigenvalue weighted by atomic mass is 32.2. The molecule has 0 radical (unpaired) electrons. The van der Waals surface area contributed by atoms with Gasteiger partial charge in [0.1, 0.15) is 10.6 Å². The van der Waals surface area contributed by atoms with Gasteiger partial charge in [0.2, 0.25) is 10.0 Å². The third kappa shape index (κ3) is 4.51. The van der Waals surface area contributed by atoms with E-state index >= 15 is 0 Å². The summed E-state index contributed by atoms with van der Waals surface area (Å²) in [6, 6.07) is 4.78. The van der Waals surface area contributed by atoms with Crippen molar-refractivity contribution in [2.45, 2.75) is 50.8 Å². The van der Waals surface area contributed by atoms with Gasteiger partial charge >= 0.3 is 0 Å². The molecular weight excluding hydrogens is 376 g/mol. The number of hydrogen-bond acceptors (Lipinski definition) is 4. The predicted molar refractivity (Wildman–Crippen MR) is 109 cm³/mol. The summed E-state index contributed by atoms with van der Waals surface area (Å²) >= 11 is 0. The first-order valence-corrected chi connectivity index (χ1v) is 11.7. The van der Waals surface area contributed by atoms with Crippen LogP contribution in [0.25, 0.3) is 0 Å². The Kier molecular flexibility index (Phi) is 6.65. The van der Waals surface area contributed by atoms with Crippen molar-refractivity contribution in [2.24, 2.45) is 11.8 Å². The highest BCUT2D eigenvalue weighted by Crippen LogP contribution is 2.32. The van der Waals surface area contributed by atoms with Crippen LogP contribution in [0.1, 0.15) is 56.3 Å². The van der Waals surface area contributed by atoms with E-state index in [1.54, 1.807) is 16.4 Å². The second-order valence-electron chi connectivity index (χ2n) is 8.34. The van der Waals surface area contributed by atoms with E-state index in [9.17, 15) is 13.2 Å². The highest BCUT2D eigenvalue weighted by molar-refractivity contribution is 7.89. The Bertz CT molecular complexity index is 791. The van der Waals surface area contributed by atoms with Gasteiger partial charge < -0.3 is 9.64 Å². The molecule has 28 heavy (non-hydrogen) atoms. The van der Waals surface area contributed by atoms with Gasteiger partial charge in [0.15, 0.2) is 0 Å². The average Bonchev–Trinajstić information content (AvgIpc) is 2.95. The highest BCUT2D eigenvalue weighted by Gasteiger charge is 2.34. The zero-order chi connectivity index (χ0) is 20.3. The van der Waals surface area contributed by atoms with Crippen molar-refractivity contribution >= 4 is 15.9 Å². The Morgan fingerprint density at radius 2 is 1.64 bits per heavy atom. The van der Waals surface area contributed by atoms with Crippen molar-refractivity contribution in [2.75, 3.05) is 33.3 Å². The van der Waals surface area contributed by atoms with E-state index < -0.39 is 10.0 Å². The topological polar surface area (TPSA) is 66.9 Å². The van der Waals surface area contributed by atoms with E-state index in [1.807, 2.05) is 4.90 Å². The van der Waals surface area contributed by atoms with Crippen LogP contribution in [-0.4, -0.2) is 56.8 Å². The zero-order valence-corrected chi connectivity index (χ0v) is 18.0. The molecule has 7 heteroatoms. The summed E-state index contributed by atoms with van der Waals surface area (Å²) in [6.07, 6.45) is 5.29. The third-order valence-corrected chi connectivity index (χ3v) is 7.61. The van der Waals surface area contributed by atoms with Gasteiger partial charge in [-0.3, -0.25) is 4.79 Å². The molecule has 2 saturated heterocycles. The quantitative estimate of drug-likeness (QED) is 0.766. The Morgan fingerprint density at radius 3 is 2.21 bits per heavy atom. The van der Waals surface area contributed by atoms with Crippen molar-refractivity contribution in [3.8, 4) is 5.75 Å². The number of carbonyl (C=O) groups is 1. The largest absolute Gasteiger partial charge is 0.495 e. The molecular formula is C21H32N2O4S. The summed E-state index contributed by atoms with van der Waals surface area (Å²) in [5, 5.41) is 0. The summed E-state index contributed by atoms with van der Waals surface area (Å²) in [4.78, 5) is 14.9. The van der Waals surface area contributed by atoms with Gasteiger partial charge in [0.25, 0.3) is 5.91 Å². The predicted octanol–water partition coefficient (Wildman–Crippen LogP) is 3.38. The fourth-order valence-corrected chi connectivity index (χ4v) is 6.27. The minimum absolute atomic E-state index is 0.0944. The first-order valence-electron chi connectivity index (χ1n) is 10.3. The molecule has 1 aromatic rings. The molecule has 0 spiro atoms.